The number of hydrogen-bond donors (Lipinski definition) is 8. The average Bonchev–Trinajstić information content (AvgIpc) is 1.97. The van der Waals surface area contributed by atoms with Gasteiger partial charge in [-0.25, -0.2) is 0 Å². The number of hydrogen-bond acceptors (Lipinski definition) is 10. The van der Waals surface area contributed by atoms with E-state index in [0.29, 0.717) is 19.3 Å². The molecule has 1 saturated heterocycles. The van der Waals surface area contributed by atoms with Gasteiger partial charge in [0.1, 0.15) is 36.6 Å². The van der Waals surface area contributed by atoms with E-state index in [9.17, 15) is 40.5 Å². The number of ether oxygens (including phenoxy) is 2. The van der Waals surface area contributed by atoms with Crippen molar-refractivity contribution in [1.82, 2.24) is 5.32 Å². The molecule has 8 N–H and O–H groups in total. The quantitative estimate of drug-likeness (QED) is 0.0215. The van der Waals surface area contributed by atoms with Crippen molar-refractivity contribution in [2.45, 2.75) is 416 Å². The van der Waals surface area contributed by atoms with Gasteiger partial charge in [-0.1, -0.05) is 319 Å². The Morgan fingerprint density at radius 2 is 0.690 bits per heavy atom. The molecular weight excluding hydrogens is 1090 g/mol. The molecule has 1 aliphatic rings. The van der Waals surface area contributed by atoms with Crippen molar-refractivity contribution in [1.29, 1.82) is 0 Å². The Morgan fingerprint density at radius 1 is 0.391 bits per heavy atom. The molecule has 0 aromatic rings. The summed E-state index contributed by atoms with van der Waals surface area (Å²) in [6.45, 7) is 3.49. The van der Waals surface area contributed by atoms with Crippen LogP contribution in [0.15, 0.2) is 48.6 Å². The number of nitrogens with one attached hydrogen (secondary N) is 1. The topological polar surface area (TPSA) is 189 Å². The standard InChI is InChI=1S/C76H143NO10/c1-3-5-7-9-11-13-15-17-19-21-23-25-27-29-31-33-35-37-39-41-43-45-47-49-51-53-55-57-59-61-63-68(79)71(81)67(66-86-76-74(84)73(83)72(82)70(65-78)87-76)77-75(85)69(80)64-62-60-58-56-54-52-50-48-46-44-42-40-38-36-34-32-30-28-26-24-22-20-18-16-14-12-10-8-6-4-2/h30,32,39,41,47,49,55,57,67-74,76,78-84H,3-29,31,33-38,40,42-46,48,50-54,56,58-66H2,1-2H3,(H,77,85)/b32-30-,41-39+,49-47+,57-55+. The van der Waals surface area contributed by atoms with E-state index in [2.05, 4.69) is 67.8 Å². The minimum absolute atomic E-state index is 0.241. The van der Waals surface area contributed by atoms with Crippen LogP contribution in [-0.2, 0) is 14.3 Å². The van der Waals surface area contributed by atoms with E-state index in [0.717, 1.165) is 44.9 Å². The third-order valence-corrected chi connectivity index (χ3v) is 18.1. The van der Waals surface area contributed by atoms with Crippen LogP contribution in [0.1, 0.15) is 361 Å². The lowest BCUT2D eigenvalue weighted by Crippen LogP contribution is -2.60. The largest absolute Gasteiger partial charge is 0.394 e. The number of allylic oxidation sites excluding steroid dienone is 8. The molecule has 0 spiro atoms. The molecule has 512 valence electrons. The fourth-order valence-corrected chi connectivity index (χ4v) is 12.1. The highest BCUT2D eigenvalue weighted by Gasteiger charge is 2.44. The lowest BCUT2D eigenvalue weighted by molar-refractivity contribution is -0.303. The SMILES string of the molecule is CCCCCCCCCCCCCC/C=C\CCCCCCCCCCCCCCCCC(O)C(=O)NC(COC1OC(CO)C(O)C(O)C1O)C(O)C(O)CCC/C=C/CC/C=C/CC/C=C/CCCCCCCCCCCCCCCCCCC. The summed E-state index contributed by atoms with van der Waals surface area (Å²) in [5.74, 6) is -0.708. The van der Waals surface area contributed by atoms with Crippen molar-refractivity contribution in [2.24, 2.45) is 0 Å². The van der Waals surface area contributed by atoms with Crippen molar-refractivity contribution < 1.29 is 50.0 Å². The van der Waals surface area contributed by atoms with Crippen molar-refractivity contribution >= 4 is 5.91 Å². The molecule has 0 aliphatic carbocycles. The number of amides is 1. The summed E-state index contributed by atoms with van der Waals surface area (Å²) in [5.41, 5.74) is 0. The third kappa shape index (κ3) is 51.3. The van der Waals surface area contributed by atoms with E-state index in [1.165, 1.54) is 270 Å². The summed E-state index contributed by atoms with van der Waals surface area (Å²) >= 11 is 0. The highest BCUT2D eigenvalue weighted by molar-refractivity contribution is 5.80. The predicted molar refractivity (Wildman–Crippen MR) is 367 cm³/mol. The maximum atomic E-state index is 13.3. The van der Waals surface area contributed by atoms with Crippen LogP contribution in [0.4, 0.5) is 0 Å². The molecular formula is C76H143NO10. The second kappa shape index (κ2) is 64.2. The Kier molecular flexibility index (Phi) is 61.3. The second-order valence-electron chi connectivity index (χ2n) is 26.3. The molecule has 9 atom stereocenters. The molecule has 0 radical (unpaired) electrons. The van der Waals surface area contributed by atoms with Gasteiger partial charge in [0.15, 0.2) is 6.29 Å². The fourth-order valence-electron chi connectivity index (χ4n) is 12.1. The highest BCUT2D eigenvalue weighted by atomic mass is 16.7. The summed E-state index contributed by atoms with van der Waals surface area (Å²) in [5, 5.41) is 76.6. The molecule has 1 fully saturated rings. The Labute approximate surface area is 536 Å². The van der Waals surface area contributed by atoms with Gasteiger partial charge in [0, 0.05) is 0 Å². The molecule has 0 aromatic carbocycles. The maximum Gasteiger partial charge on any atom is 0.249 e. The van der Waals surface area contributed by atoms with E-state index in [1.807, 2.05) is 0 Å². The van der Waals surface area contributed by atoms with Gasteiger partial charge in [-0.2, -0.15) is 0 Å². The van der Waals surface area contributed by atoms with Gasteiger partial charge in [-0.05, 0) is 89.9 Å². The first kappa shape index (κ1) is 83.1. The molecule has 0 bridgehead atoms. The average molecular weight is 1230 g/mol. The van der Waals surface area contributed by atoms with Crippen LogP contribution in [0.25, 0.3) is 0 Å². The van der Waals surface area contributed by atoms with E-state index in [1.54, 1.807) is 0 Å². The van der Waals surface area contributed by atoms with Gasteiger partial charge < -0.3 is 50.5 Å². The van der Waals surface area contributed by atoms with Crippen LogP contribution in [0, 0.1) is 0 Å². The second-order valence-corrected chi connectivity index (χ2v) is 26.3. The van der Waals surface area contributed by atoms with E-state index in [4.69, 9.17) is 9.47 Å². The smallest absolute Gasteiger partial charge is 0.249 e. The van der Waals surface area contributed by atoms with E-state index < -0.39 is 74.2 Å². The number of rotatable bonds is 66. The number of carbonyl (C=O) groups is 1. The Morgan fingerprint density at radius 3 is 1.02 bits per heavy atom. The van der Waals surface area contributed by atoms with Crippen molar-refractivity contribution in [3.8, 4) is 0 Å². The van der Waals surface area contributed by atoms with E-state index in [-0.39, 0.29) is 12.8 Å². The number of unbranched alkanes of at least 4 members (excludes halogenated alkanes) is 46. The van der Waals surface area contributed by atoms with Crippen LogP contribution in [-0.4, -0.2) is 110 Å². The van der Waals surface area contributed by atoms with Gasteiger partial charge in [0.05, 0.1) is 25.4 Å². The van der Waals surface area contributed by atoms with Crippen LogP contribution in [0.5, 0.6) is 0 Å². The minimum Gasteiger partial charge on any atom is -0.394 e. The molecule has 0 saturated carbocycles. The lowest BCUT2D eigenvalue weighted by Gasteiger charge is -2.40. The van der Waals surface area contributed by atoms with Crippen molar-refractivity contribution in [2.75, 3.05) is 13.2 Å². The van der Waals surface area contributed by atoms with Crippen LogP contribution in [0.2, 0.25) is 0 Å². The van der Waals surface area contributed by atoms with Gasteiger partial charge in [-0.15, -0.1) is 0 Å². The number of aliphatic hydroxyl groups excluding tert-OH is 7. The van der Waals surface area contributed by atoms with Crippen molar-refractivity contribution in [3.63, 3.8) is 0 Å². The molecule has 1 rings (SSSR count). The molecule has 87 heavy (non-hydrogen) atoms. The molecule has 1 aliphatic heterocycles. The summed E-state index contributed by atoms with van der Waals surface area (Å²) < 4.78 is 11.2. The van der Waals surface area contributed by atoms with Crippen LogP contribution >= 0.6 is 0 Å². The monoisotopic (exact) mass is 1230 g/mol. The highest BCUT2D eigenvalue weighted by Crippen LogP contribution is 2.24. The summed E-state index contributed by atoms with van der Waals surface area (Å²) in [6.07, 6.45) is 73.6. The third-order valence-electron chi connectivity index (χ3n) is 18.1. The van der Waals surface area contributed by atoms with Crippen molar-refractivity contribution in [3.05, 3.63) is 48.6 Å². The molecule has 0 aromatic heterocycles. The predicted octanol–water partition coefficient (Wildman–Crippen LogP) is 18.7. The molecule has 11 nitrogen and oxygen atoms in total. The summed E-state index contributed by atoms with van der Waals surface area (Å²) in [4.78, 5) is 13.3. The van der Waals surface area contributed by atoms with Crippen LogP contribution < -0.4 is 5.32 Å². The zero-order chi connectivity index (χ0) is 63.1. The molecule has 9 unspecified atom stereocenters. The Hall–Kier alpha value is -1.93. The Balaban J connectivity index is 2.21. The Bertz CT molecular complexity index is 1560. The minimum atomic E-state index is -1.68. The molecule has 11 heteroatoms. The van der Waals surface area contributed by atoms with Gasteiger partial charge >= 0.3 is 0 Å². The zero-order valence-corrected chi connectivity index (χ0v) is 56.8. The van der Waals surface area contributed by atoms with Gasteiger partial charge in [0.2, 0.25) is 5.91 Å². The molecule has 1 heterocycles. The van der Waals surface area contributed by atoms with Gasteiger partial charge in [0.25, 0.3) is 0 Å². The summed E-state index contributed by atoms with van der Waals surface area (Å²) in [7, 11) is 0. The van der Waals surface area contributed by atoms with Gasteiger partial charge in [-0.3, -0.25) is 4.79 Å². The molecule has 1 amide bonds. The lowest BCUT2D eigenvalue weighted by atomic mass is 9.98. The summed E-state index contributed by atoms with van der Waals surface area (Å²) in [6, 6.07) is -1.20. The first-order chi connectivity index (χ1) is 42.7. The van der Waals surface area contributed by atoms with Crippen LogP contribution in [0.3, 0.4) is 0 Å². The first-order valence-corrected chi connectivity index (χ1v) is 37.5. The fraction of sp³-hybridized carbons (Fsp3) is 0.882. The van der Waals surface area contributed by atoms with E-state index >= 15 is 0 Å². The number of aliphatic hydroxyl groups is 7. The number of carbonyl (C=O) groups excluding carboxylic acids is 1. The normalized spacial score (nSPS) is 18.9. The first-order valence-electron chi connectivity index (χ1n) is 37.5. The maximum absolute atomic E-state index is 13.3. The zero-order valence-electron chi connectivity index (χ0n) is 56.8.